The number of amides is 1. The van der Waals surface area contributed by atoms with Crippen LogP contribution in [0.4, 0.5) is 0 Å². The van der Waals surface area contributed by atoms with E-state index in [1.54, 1.807) is 17.0 Å². The van der Waals surface area contributed by atoms with E-state index in [2.05, 4.69) is 42.6 Å². The summed E-state index contributed by atoms with van der Waals surface area (Å²) >= 11 is 0. The quantitative estimate of drug-likeness (QED) is 0.393. The molecule has 8 heteroatoms. The number of hydrogen-bond donors (Lipinski definition) is 2. The molecule has 190 valence electrons. The van der Waals surface area contributed by atoms with Crippen LogP contribution in [0.15, 0.2) is 66.7 Å². The van der Waals surface area contributed by atoms with Gasteiger partial charge in [0.25, 0.3) is 0 Å². The molecule has 0 aliphatic carbocycles. The first-order chi connectivity index (χ1) is 16.9. The van der Waals surface area contributed by atoms with Gasteiger partial charge in [-0.15, -0.1) is 12.4 Å². The Labute approximate surface area is 216 Å². The number of morpholine rings is 1. The number of ketones is 1. The zero-order valence-corrected chi connectivity index (χ0v) is 21.0. The van der Waals surface area contributed by atoms with Crippen molar-refractivity contribution in [3.8, 4) is 0 Å². The number of halogens is 1. The van der Waals surface area contributed by atoms with E-state index in [0.29, 0.717) is 25.2 Å². The molecule has 36 heavy (non-hydrogen) atoms. The van der Waals surface area contributed by atoms with Crippen LogP contribution < -0.4 is 5.32 Å². The van der Waals surface area contributed by atoms with E-state index in [1.807, 2.05) is 24.3 Å². The number of aliphatic carboxylic acids is 1. The minimum absolute atomic E-state index is 0. The van der Waals surface area contributed by atoms with Gasteiger partial charge in [-0.1, -0.05) is 66.7 Å². The van der Waals surface area contributed by atoms with E-state index in [9.17, 15) is 14.4 Å². The predicted octanol–water partition coefficient (Wildman–Crippen LogP) is 4.39. The first-order valence-corrected chi connectivity index (χ1v) is 11.8. The van der Waals surface area contributed by atoms with Crippen LogP contribution in [0.25, 0.3) is 10.8 Å². The molecule has 1 amide bonds. The number of nitrogens with zero attached hydrogens (tertiary/aromatic N) is 1. The highest BCUT2D eigenvalue weighted by Gasteiger charge is 2.26. The Morgan fingerprint density at radius 2 is 1.78 bits per heavy atom. The molecule has 2 N–H and O–H groups in total. The molecule has 1 fully saturated rings. The summed E-state index contributed by atoms with van der Waals surface area (Å²) in [5, 5.41) is 14.7. The van der Waals surface area contributed by atoms with Crippen LogP contribution in [0.5, 0.6) is 0 Å². The molecule has 1 unspecified atom stereocenters. The van der Waals surface area contributed by atoms with Gasteiger partial charge in [-0.3, -0.25) is 14.4 Å². The van der Waals surface area contributed by atoms with E-state index in [-0.39, 0.29) is 55.7 Å². The molecule has 1 heterocycles. The highest BCUT2D eigenvalue weighted by atomic mass is 35.5. The lowest BCUT2D eigenvalue weighted by molar-refractivity contribution is -0.149. The molecule has 1 aliphatic rings. The number of ether oxygens (including phenoxy) is 1. The van der Waals surface area contributed by atoms with Gasteiger partial charge in [0, 0.05) is 37.7 Å². The Balaban J connectivity index is 0.00000361. The molecule has 7 nitrogen and oxygen atoms in total. The van der Waals surface area contributed by atoms with Crippen LogP contribution in [0.3, 0.4) is 0 Å². The molecule has 0 saturated carbocycles. The molecule has 3 aromatic carbocycles. The maximum absolute atomic E-state index is 12.4. The van der Waals surface area contributed by atoms with Crippen molar-refractivity contribution in [1.29, 1.82) is 0 Å². The molecular weight excluding hydrogens is 480 g/mol. The number of carbonyl (C=O) groups excluding carboxylic acids is 2. The van der Waals surface area contributed by atoms with Gasteiger partial charge in [0.15, 0.2) is 5.78 Å². The lowest BCUT2D eigenvalue weighted by Gasteiger charge is -2.33. The van der Waals surface area contributed by atoms with Crippen molar-refractivity contribution in [1.82, 2.24) is 10.2 Å². The molecule has 1 aliphatic heterocycles. The number of carboxylic acids is 1. The van der Waals surface area contributed by atoms with Gasteiger partial charge in [0.1, 0.15) is 6.61 Å². The van der Waals surface area contributed by atoms with E-state index >= 15 is 0 Å². The Morgan fingerprint density at radius 3 is 2.53 bits per heavy atom. The maximum Gasteiger partial charge on any atom is 0.303 e. The topological polar surface area (TPSA) is 95.9 Å². The van der Waals surface area contributed by atoms with Gasteiger partial charge < -0.3 is 20.1 Å². The smallest absolute Gasteiger partial charge is 0.303 e. The van der Waals surface area contributed by atoms with Crippen LogP contribution in [0, 0.1) is 0 Å². The maximum atomic E-state index is 12.4. The van der Waals surface area contributed by atoms with Gasteiger partial charge in [0.2, 0.25) is 5.91 Å². The molecule has 3 aromatic rings. The highest BCUT2D eigenvalue weighted by molar-refractivity contribution is 5.97. The second kappa shape index (κ2) is 12.6. The van der Waals surface area contributed by atoms with Crippen molar-refractivity contribution >= 4 is 40.8 Å². The summed E-state index contributed by atoms with van der Waals surface area (Å²) < 4.78 is 5.78. The zero-order valence-electron chi connectivity index (χ0n) is 20.2. The van der Waals surface area contributed by atoms with Gasteiger partial charge in [-0.05, 0) is 28.8 Å². The van der Waals surface area contributed by atoms with Crippen molar-refractivity contribution in [2.24, 2.45) is 0 Å². The Hall–Kier alpha value is -3.26. The van der Waals surface area contributed by atoms with Gasteiger partial charge >= 0.3 is 5.97 Å². The second-order valence-corrected chi connectivity index (χ2v) is 8.92. The average molecular weight is 511 g/mol. The molecule has 2 atom stereocenters. The van der Waals surface area contributed by atoms with E-state index in [1.165, 1.54) is 16.3 Å². The van der Waals surface area contributed by atoms with Gasteiger partial charge in [0.05, 0.1) is 12.5 Å². The molecule has 1 saturated heterocycles. The fourth-order valence-electron chi connectivity index (χ4n) is 4.38. The summed E-state index contributed by atoms with van der Waals surface area (Å²) in [5.74, 6) is -1.26. The summed E-state index contributed by atoms with van der Waals surface area (Å²) in [6.45, 7) is 3.70. The molecule has 0 spiro atoms. The molecule has 4 rings (SSSR count). The number of hydrogen-bond acceptors (Lipinski definition) is 5. The summed E-state index contributed by atoms with van der Waals surface area (Å²) in [6, 6.07) is 21.8. The SMILES string of the molecule is C[C@@H](NCC1CN(Cc2ccc(C(=O)CCC(=O)O)cc2)C(=O)CO1)c1cccc2ccccc12.Cl. The highest BCUT2D eigenvalue weighted by Crippen LogP contribution is 2.24. The fraction of sp³-hybridized carbons (Fsp3) is 0.321. The number of fused-ring (bicyclic) bond motifs is 1. The number of carboxylic acid groups (broad SMARTS) is 1. The lowest BCUT2D eigenvalue weighted by Crippen LogP contribution is -2.49. The van der Waals surface area contributed by atoms with Crippen molar-refractivity contribution in [3.05, 3.63) is 83.4 Å². The van der Waals surface area contributed by atoms with Crippen LogP contribution in [-0.4, -0.2) is 53.5 Å². The predicted molar refractivity (Wildman–Crippen MR) is 140 cm³/mol. The lowest BCUT2D eigenvalue weighted by atomic mass is 9.99. The molecule has 0 bridgehead atoms. The molecule has 0 radical (unpaired) electrons. The largest absolute Gasteiger partial charge is 0.481 e. The van der Waals surface area contributed by atoms with Crippen molar-refractivity contribution in [2.75, 3.05) is 19.7 Å². The molecule has 0 aromatic heterocycles. The molecular formula is C28H31ClN2O5. The normalized spacial score (nSPS) is 16.4. The van der Waals surface area contributed by atoms with Crippen molar-refractivity contribution < 1.29 is 24.2 Å². The van der Waals surface area contributed by atoms with E-state index in [4.69, 9.17) is 9.84 Å². The summed E-state index contributed by atoms with van der Waals surface area (Å²) in [7, 11) is 0. The van der Waals surface area contributed by atoms with Crippen LogP contribution >= 0.6 is 12.4 Å². The number of carbonyl (C=O) groups is 3. The first kappa shape index (κ1) is 27.3. The van der Waals surface area contributed by atoms with Crippen LogP contribution in [0.2, 0.25) is 0 Å². The van der Waals surface area contributed by atoms with Crippen molar-refractivity contribution in [2.45, 2.75) is 38.5 Å². The van der Waals surface area contributed by atoms with E-state index < -0.39 is 5.97 Å². The Morgan fingerprint density at radius 1 is 1.06 bits per heavy atom. The number of rotatable bonds is 10. The second-order valence-electron chi connectivity index (χ2n) is 8.92. The summed E-state index contributed by atoms with van der Waals surface area (Å²) in [5.41, 5.74) is 2.61. The fourth-order valence-corrected chi connectivity index (χ4v) is 4.38. The summed E-state index contributed by atoms with van der Waals surface area (Å²) in [4.78, 5) is 37.0. The first-order valence-electron chi connectivity index (χ1n) is 11.8. The third-order valence-electron chi connectivity index (χ3n) is 6.38. The third kappa shape index (κ3) is 6.91. The van der Waals surface area contributed by atoms with Crippen LogP contribution in [-0.2, 0) is 20.9 Å². The summed E-state index contributed by atoms with van der Waals surface area (Å²) in [6.07, 6.45) is -0.332. The Kier molecular flexibility index (Phi) is 9.58. The number of benzene rings is 3. The van der Waals surface area contributed by atoms with Gasteiger partial charge in [-0.25, -0.2) is 0 Å². The van der Waals surface area contributed by atoms with Crippen molar-refractivity contribution in [3.63, 3.8) is 0 Å². The zero-order chi connectivity index (χ0) is 24.8. The van der Waals surface area contributed by atoms with E-state index in [0.717, 1.165) is 5.56 Å². The minimum Gasteiger partial charge on any atom is -0.481 e. The monoisotopic (exact) mass is 510 g/mol. The Bertz CT molecular complexity index is 1210. The third-order valence-corrected chi connectivity index (χ3v) is 6.38. The average Bonchev–Trinajstić information content (AvgIpc) is 2.87. The van der Waals surface area contributed by atoms with Gasteiger partial charge in [-0.2, -0.15) is 0 Å². The van der Waals surface area contributed by atoms with Crippen LogP contribution in [0.1, 0.15) is 47.3 Å². The number of nitrogens with one attached hydrogen (secondary N) is 1. The minimum atomic E-state index is -0.989. The number of Topliss-reactive ketones (excluding diaryl/α,β-unsaturated/α-hetero) is 1. The standard InChI is InChI=1S/C28H30N2O5.ClH/c1-19(24-8-4-6-21-5-2-3-7-25(21)24)29-15-23-17-30(27(32)18-35-23)16-20-9-11-22(12-10-20)26(31)13-14-28(33)34;/h2-12,19,23,29H,13-18H2,1H3,(H,33,34);1H/t19-,23?;/m1./s1.